The Morgan fingerprint density at radius 2 is 1.93 bits per heavy atom. The number of carboxylic acids is 1. The van der Waals surface area contributed by atoms with Gasteiger partial charge >= 0.3 is 5.97 Å². The molecule has 2 N–H and O–H groups in total. The highest BCUT2D eigenvalue weighted by Gasteiger charge is 2.15. The topological polar surface area (TPSA) is 57.5 Å². The Hall–Kier alpha value is -2.03. The quantitative estimate of drug-likeness (QED) is 0.747. The SMILES string of the molecule is Cc1cc2ccccc2c(C(=O)O)c1O. The second kappa shape index (κ2) is 3.28. The lowest BCUT2D eigenvalue weighted by atomic mass is 10.00. The maximum atomic E-state index is 11.0. The summed E-state index contributed by atoms with van der Waals surface area (Å²) in [5, 5.41) is 20.1. The molecule has 0 aliphatic rings. The van der Waals surface area contributed by atoms with Crippen LogP contribution in [0.25, 0.3) is 10.8 Å². The Morgan fingerprint density at radius 1 is 1.27 bits per heavy atom. The molecule has 0 unspecified atom stereocenters. The highest BCUT2D eigenvalue weighted by atomic mass is 16.4. The molecule has 0 heterocycles. The molecule has 0 bridgehead atoms. The normalized spacial score (nSPS) is 10.5. The molecule has 0 fully saturated rings. The van der Waals surface area contributed by atoms with Gasteiger partial charge in [-0.1, -0.05) is 24.3 Å². The molecule has 0 aliphatic heterocycles. The van der Waals surface area contributed by atoms with Gasteiger partial charge in [-0.05, 0) is 29.3 Å². The maximum absolute atomic E-state index is 11.0. The third-order valence-electron chi connectivity index (χ3n) is 2.43. The molecule has 0 aromatic heterocycles. The monoisotopic (exact) mass is 202 g/mol. The molecule has 2 aromatic carbocycles. The summed E-state index contributed by atoms with van der Waals surface area (Å²) < 4.78 is 0. The molecule has 2 aromatic rings. The van der Waals surface area contributed by atoms with Crippen LogP contribution in [0, 0.1) is 6.92 Å². The summed E-state index contributed by atoms with van der Waals surface area (Å²) in [6.45, 7) is 1.69. The average molecular weight is 202 g/mol. The van der Waals surface area contributed by atoms with Gasteiger partial charge in [0.15, 0.2) is 0 Å². The molecule has 76 valence electrons. The summed E-state index contributed by atoms with van der Waals surface area (Å²) in [4.78, 5) is 11.0. The van der Waals surface area contributed by atoms with E-state index in [1.807, 2.05) is 12.1 Å². The number of phenols is 1. The van der Waals surface area contributed by atoms with Crippen molar-refractivity contribution in [3.63, 3.8) is 0 Å². The van der Waals surface area contributed by atoms with Crippen molar-refractivity contribution in [3.8, 4) is 5.75 Å². The Balaban J connectivity index is 2.95. The molecular weight excluding hydrogens is 192 g/mol. The van der Waals surface area contributed by atoms with E-state index in [9.17, 15) is 9.90 Å². The van der Waals surface area contributed by atoms with Gasteiger partial charge in [-0.25, -0.2) is 4.79 Å². The summed E-state index contributed by atoms with van der Waals surface area (Å²) >= 11 is 0. The molecular formula is C12H10O3. The molecule has 0 saturated heterocycles. The number of aromatic carboxylic acids is 1. The van der Waals surface area contributed by atoms with E-state index in [0.717, 1.165) is 5.39 Å². The van der Waals surface area contributed by atoms with Crippen molar-refractivity contribution in [1.29, 1.82) is 0 Å². The molecule has 0 aliphatic carbocycles. The number of hydrogen-bond acceptors (Lipinski definition) is 2. The van der Waals surface area contributed by atoms with Crippen molar-refractivity contribution in [3.05, 3.63) is 41.5 Å². The van der Waals surface area contributed by atoms with Gasteiger partial charge in [0.05, 0.1) is 0 Å². The number of aromatic hydroxyl groups is 1. The van der Waals surface area contributed by atoms with Gasteiger partial charge in [0.25, 0.3) is 0 Å². The largest absolute Gasteiger partial charge is 0.507 e. The van der Waals surface area contributed by atoms with E-state index >= 15 is 0 Å². The minimum absolute atomic E-state index is 0.0226. The lowest BCUT2D eigenvalue weighted by molar-refractivity contribution is 0.0696. The third kappa shape index (κ3) is 1.42. The van der Waals surface area contributed by atoms with Crippen LogP contribution in [0.4, 0.5) is 0 Å². The minimum Gasteiger partial charge on any atom is -0.507 e. The zero-order valence-electron chi connectivity index (χ0n) is 8.19. The van der Waals surface area contributed by atoms with E-state index < -0.39 is 5.97 Å². The van der Waals surface area contributed by atoms with Crippen LogP contribution in [0.3, 0.4) is 0 Å². The molecule has 0 spiro atoms. The standard InChI is InChI=1S/C12H10O3/c1-7-6-8-4-2-3-5-9(8)10(11(7)13)12(14)15/h2-6,13H,1H3,(H,14,15). The Labute approximate surface area is 86.6 Å². The average Bonchev–Trinajstić information content (AvgIpc) is 2.19. The first-order valence-electron chi connectivity index (χ1n) is 4.56. The van der Waals surface area contributed by atoms with Gasteiger partial charge in [0.2, 0.25) is 0 Å². The number of fused-ring (bicyclic) bond motifs is 1. The molecule has 0 amide bonds. The van der Waals surface area contributed by atoms with E-state index in [2.05, 4.69) is 0 Å². The third-order valence-corrected chi connectivity index (χ3v) is 2.43. The van der Waals surface area contributed by atoms with Crippen molar-refractivity contribution >= 4 is 16.7 Å². The lowest BCUT2D eigenvalue weighted by Crippen LogP contribution is -1.99. The Bertz CT molecular complexity index is 544. The summed E-state index contributed by atoms with van der Waals surface area (Å²) in [6, 6.07) is 8.89. The highest BCUT2D eigenvalue weighted by molar-refractivity contribution is 6.06. The van der Waals surface area contributed by atoms with Crippen molar-refractivity contribution in [1.82, 2.24) is 0 Å². The molecule has 3 heteroatoms. The highest BCUT2D eigenvalue weighted by Crippen LogP contribution is 2.30. The molecule has 15 heavy (non-hydrogen) atoms. The fraction of sp³-hybridized carbons (Fsp3) is 0.0833. The molecule has 0 saturated carbocycles. The number of rotatable bonds is 1. The second-order valence-corrected chi connectivity index (χ2v) is 3.44. The van der Waals surface area contributed by atoms with Crippen LogP contribution in [-0.2, 0) is 0 Å². The van der Waals surface area contributed by atoms with E-state index in [4.69, 9.17) is 5.11 Å². The summed E-state index contributed by atoms with van der Waals surface area (Å²) in [5.41, 5.74) is 0.553. The predicted molar refractivity (Wildman–Crippen MR) is 57.3 cm³/mol. The first-order chi connectivity index (χ1) is 7.11. The summed E-state index contributed by atoms with van der Waals surface area (Å²) in [6.07, 6.45) is 0. The lowest BCUT2D eigenvalue weighted by Gasteiger charge is -2.07. The van der Waals surface area contributed by atoms with E-state index in [0.29, 0.717) is 10.9 Å². The smallest absolute Gasteiger partial charge is 0.340 e. The zero-order chi connectivity index (χ0) is 11.0. The fourth-order valence-corrected chi connectivity index (χ4v) is 1.69. The van der Waals surface area contributed by atoms with Crippen LogP contribution >= 0.6 is 0 Å². The van der Waals surface area contributed by atoms with E-state index in [1.54, 1.807) is 25.1 Å². The molecule has 2 rings (SSSR count). The number of carboxylic acid groups (broad SMARTS) is 1. The predicted octanol–water partition coefficient (Wildman–Crippen LogP) is 2.55. The van der Waals surface area contributed by atoms with Gasteiger partial charge in [-0.3, -0.25) is 0 Å². The number of aryl methyl sites for hydroxylation is 1. The van der Waals surface area contributed by atoms with Crippen LogP contribution in [0.5, 0.6) is 5.75 Å². The zero-order valence-corrected chi connectivity index (χ0v) is 8.19. The van der Waals surface area contributed by atoms with Gasteiger partial charge in [0, 0.05) is 0 Å². The number of carbonyl (C=O) groups is 1. The van der Waals surface area contributed by atoms with Gasteiger partial charge < -0.3 is 10.2 Å². The second-order valence-electron chi connectivity index (χ2n) is 3.44. The fourth-order valence-electron chi connectivity index (χ4n) is 1.69. The minimum atomic E-state index is -1.10. The van der Waals surface area contributed by atoms with Crippen LogP contribution < -0.4 is 0 Å². The van der Waals surface area contributed by atoms with Gasteiger partial charge in [-0.15, -0.1) is 0 Å². The van der Waals surface area contributed by atoms with Crippen LogP contribution in [0.15, 0.2) is 30.3 Å². The maximum Gasteiger partial charge on any atom is 0.340 e. The summed E-state index contributed by atoms with van der Waals surface area (Å²) in [5.74, 6) is -1.26. The Morgan fingerprint density at radius 3 is 2.60 bits per heavy atom. The van der Waals surface area contributed by atoms with E-state index in [1.165, 1.54) is 0 Å². The van der Waals surface area contributed by atoms with E-state index in [-0.39, 0.29) is 11.3 Å². The van der Waals surface area contributed by atoms with Crippen molar-refractivity contribution in [2.45, 2.75) is 6.92 Å². The van der Waals surface area contributed by atoms with Crippen molar-refractivity contribution in [2.24, 2.45) is 0 Å². The number of hydrogen-bond donors (Lipinski definition) is 2. The number of benzene rings is 2. The van der Waals surface area contributed by atoms with Crippen molar-refractivity contribution < 1.29 is 15.0 Å². The van der Waals surface area contributed by atoms with Crippen molar-refractivity contribution in [2.75, 3.05) is 0 Å². The molecule has 0 atom stereocenters. The van der Waals surface area contributed by atoms with Crippen LogP contribution in [0.2, 0.25) is 0 Å². The van der Waals surface area contributed by atoms with Crippen LogP contribution in [-0.4, -0.2) is 16.2 Å². The van der Waals surface area contributed by atoms with Crippen LogP contribution in [0.1, 0.15) is 15.9 Å². The first-order valence-corrected chi connectivity index (χ1v) is 4.56. The first kappa shape index (κ1) is 9.52. The molecule has 0 radical (unpaired) electrons. The Kier molecular flexibility index (Phi) is 2.08. The molecule has 3 nitrogen and oxygen atoms in total. The summed E-state index contributed by atoms with van der Waals surface area (Å²) in [7, 11) is 0. The van der Waals surface area contributed by atoms with Gasteiger partial charge in [-0.2, -0.15) is 0 Å². The van der Waals surface area contributed by atoms with Gasteiger partial charge in [0.1, 0.15) is 11.3 Å².